The molecule has 1 aromatic heterocycles. The SMILES string of the molecule is Cc1cc(C)n(CCCN(C)C2CC(C)(C)NC(C)(C)C2)n1. The number of aryl methyl sites for hydroxylation is 3. The van der Waals surface area contributed by atoms with Gasteiger partial charge in [0.05, 0.1) is 5.69 Å². The van der Waals surface area contributed by atoms with Crippen LogP contribution < -0.4 is 5.32 Å². The van der Waals surface area contributed by atoms with Gasteiger partial charge in [-0.2, -0.15) is 5.10 Å². The van der Waals surface area contributed by atoms with Crippen molar-refractivity contribution in [3.8, 4) is 0 Å². The van der Waals surface area contributed by atoms with Crippen LogP contribution in [-0.4, -0.2) is 45.4 Å². The molecule has 0 aromatic carbocycles. The molecule has 2 rings (SSSR count). The van der Waals surface area contributed by atoms with Crippen LogP contribution in [0, 0.1) is 13.8 Å². The first-order valence-corrected chi connectivity index (χ1v) is 8.59. The molecule has 0 bridgehead atoms. The van der Waals surface area contributed by atoms with Crippen LogP contribution in [-0.2, 0) is 6.54 Å². The van der Waals surface area contributed by atoms with Crippen LogP contribution in [0.3, 0.4) is 0 Å². The van der Waals surface area contributed by atoms with E-state index in [1.54, 1.807) is 0 Å². The first-order chi connectivity index (χ1) is 10.1. The zero-order chi connectivity index (χ0) is 16.5. The third kappa shape index (κ3) is 4.56. The molecule has 1 aliphatic rings. The van der Waals surface area contributed by atoms with Crippen molar-refractivity contribution in [1.82, 2.24) is 20.0 Å². The number of rotatable bonds is 5. The maximum absolute atomic E-state index is 4.55. The van der Waals surface area contributed by atoms with Crippen LogP contribution in [0.25, 0.3) is 0 Å². The lowest BCUT2D eigenvalue weighted by atomic mass is 9.79. The largest absolute Gasteiger partial charge is 0.307 e. The lowest BCUT2D eigenvalue weighted by Gasteiger charge is -2.49. The molecule has 1 saturated heterocycles. The molecular weight excluding hydrogens is 272 g/mol. The summed E-state index contributed by atoms with van der Waals surface area (Å²) >= 11 is 0. The average Bonchev–Trinajstić information content (AvgIpc) is 2.64. The molecule has 4 heteroatoms. The fraction of sp³-hybridized carbons (Fsp3) is 0.833. The minimum atomic E-state index is 0.219. The minimum Gasteiger partial charge on any atom is -0.307 e. The molecule has 0 radical (unpaired) electrons. The summed E-state index contributed by atoms with van der Waals surface area (Å²) in [5.41, 5.74) is 2.82. The van der Waals surface area contributed by atoms with Gasteiger partial charge in [-0.3, -0.25) is 4.68 Å². The topological polar surface area (TPSA) is 33.1 Å². The number of hydrogen-bond donors (Lipinski definition) is 1. The van der Waals surface area contributed by atoms with Gasteiger partial charge in [0.25, 0.3) is 0 Å². The summed E-state index contributed by atoms with van der Waals surface area (Å²) in [6, 6.07) is 2.81. The van der Waals surface area contributed by atoms with Crippen molar-refractivity contribution in [2.45, 2.75) is 84.5 Å². The first-order valence-electron chi connectivity index (χ1n) is 8.59. The lowest BCUT2D eigenvalue weighted by Crippen LogP contribution is -2.61. The van der Waals surface area contributed by atoms with Gasteiger partial charge in [0, 0.05) is 29.4 Å². The molecule has 0 atom stereocenters. The average molecular weight is 306 g/mol. The number of nitrogens with zero attached hydrogens (tertiary/aromatic N) is 3. The van der Waals surface area contributed by atoms with E-state index in [1.165, 1.54) is 18.5 Å². The monoisotopic (exact) mass is 306 g/mol. The second-order valence-corrected chi connectivity index (χ2v) is 8.44. The molecule has 126 valence electrons. The van der Waals surface area contributed by atoms with Gasteiger partial charge in [-0.05, 0) is 80.5 Å². The normalized spacial score (nSPS) is 21.5. The van der Waals surface area contributed by atoms with Crippen molar-refractivity contribution >= 4 is 0 Å². The van der Waals surface area contributed by atoms with Gasteiger partial charge in [0.15, 0.2) is 0 Å². The van der Waals surface area contributed by atoms with Crippen molar-refractivity contribution in [2.75, 3.05) is 13.6 Å². The molecule has 0 aliphatic carbocycles. The zero-order valence-corrected chi connectivity index (χ0v) is 15.5. The first kappa shape index (κ1) is 17.5. The van der Waals surface area contributed by atoms with E-state index in [0.29, 0.717) is 6.04 Å². The Bertz CT molecular complexity index is 485. The van der Waals surface area contributed by atoms with E-state index in [0.717, 1.165) is 25.2 Å². The molecule has 1 fully saturated rings. The highest BCUT2D eigenvalue weighted by molar-refractivity contribution is 5.06. The fourth-order valence-electron chi connectivity index (χ4n) is 4.13. The van der Waals surface area contributed by atoms with E-state index in [2.05, 4.69) is 74.7 Å². The molecule has 0 amide bonds. The van der Waals surface area contributed by atoms with Gasteiger partial charge in [-0.15, -0.1) is 0 Å². The molecule has 4 nitrogen and oxygen atoms in total. The van der Waals surface area contributed by atoms with E-state index in [9.17, 15) is 0 Å². The molecule has 0 spiro atoms. The van der Waals surface area contributed by atoms with Gasteiger partial charge in [0.2, 0.25) is 0 Å². The molecular formula is C18H34N4. The Morgan fingerprint density at radius 2 is 1.82 bits per heavy atom. The Labute approximate surface area is 136 Å². The lowest BCUT2D eigenvalue weighted by molar-refractivity contribution is 0.0801. The summed E-state index contributed by atoms with van der Waals surface area (Å²) < 4.78 is 2.14. The standard InChI is InChI=1S/C18H34N4/c1-14-11-15(2)22(19-14)10-8-9-21(7)16-12-17(3,4)20-18(5,6)13-16/h11,16,20H,8-10,12-13H2,1-7H3. The molecule has 1 aliphatic heterocycles. The van der Waals surface area contributed by atoms with Crippen LogP contribution >= 0.6 is 0 Å². The Kier molecular flexibility index (Phi) is 5.03. The highest BCUT2D eigenvalue weighted by Crippen LogP contribution is 2.31. The number of hydrogen-bond acceptors (Lipinski definition) is 3. The van der Waals surface area contributed by atoms with Crippen molar-refractivity contribution in [2.24, 2.45) is 0 Å². The quantitative estimate of drug-likeness (QED) is 0.907. The van der Waals surface area contributed by atoms with Crippen LogP contribution in [0.5, 0.6) is 0 Å². The summed E-state index contributed by atoms with van der Waals surface area (Å²) in [5, 5.41) is 8.32. The van der Waals surface area contributed by atoms with E-state index < -0.39 is 0 Å². The summed E-state index contributed by atoms with van der Waals surface area (Å²) in [6.07, 6.45) is 3.59. The van der Waals surface area contributed by atoms with Crippen LogP contribution in [0.2, 0.25) is 0 Å². The van der Waals surface area contributed by atoms with E-state index in [1.807, 2.05) is 0 Å². The van der Waals surface area contributed by atoms with Crippen LogP contribution in [0.4, 0.5) is 0 Å². The van der Waals surface area contributed by atoms with E-state index >= 15 is 0 Å². The van der Waals surface area contributed by atoms with Crippen molar-refractivity contribution in [3.63, 3.8) is 0 Å². The van der Waals surface area contributed by atoms with Gasteiger partial charge in [-0.1, -0.05) is 0 Å². The number of piperidine rings is 1. The number of aromatic nitrogens is 2. The summed E-state index contributed by atoms with van der Waals surface area (Å²) in [6.45, 7) is 15.7. The molecule has 22 heavy (non-hydrogen) atoms. The highest BCUT2D eigenvalue weighted by atomic mass is 15.3. The van der Waals surface area contributed by atoms with Crippen molar-refractivity contribution in [1.29, 1.82) is 0 Å². The molecule has 2 heterocycles. The van der Waals surface area contributed by atoms with Crippen molar-refractivity contribution < 1.29 is 0 Å². The van der Waals surface area contributed by atoms with Gasteiger partial charge in [-0.25, -0.2) is 0 Å². The van der Waals surface area contributed by atoms with Crippen LogP contribution in [0.15, 0.2) is 6.07 Å². The highest BCUT2D eigenvalue weighted by Gasteiger charge is 2.38. The fourth-order valence-corrected chi connectivity index (χ4v) is 4.13. The van der Waals surface area contributed by atoms with Crippen LogP contribution in [0.1, 0.15) is 58.3 Å². The van der Waals surface area contributed by atoms with Gasteiger partial charge < -0.3 is 10.2 Å². The second-order valence-electron chi connectivity index (χ2n) is 8.44. The summed E-state index contributed by atoms with van der Waals surface area (Å²) in [5.74, 6) is 0. The summed E-state index contributed by atoms with van der Waals surface area (Å²) in [4.78, 5) is 2.55. The maximum atomic E-state index is 4.55. The van der Waals surface area contributed by atoms with Crippen molar-refractivity contribution in [3.05, 3.63) is 17.5 Å². The second kappa shape index (κ2) is 6.32. The Morgan fingerprint density at radius 3 is 2.32 bits per heavy atom. The third-order valence-electron chi connectivity index (χ3n) is 4.78. The minimum absolute atomic E-state index is 0.219. The third-order valence-corrected chi connectivity index (χ3v) is 4.78. The predicted molar refractivity (Wildman–Crippen MR) is 93.3 cm³/mol. The summed E-state index contributed by atoms with van der Waals surface area (Å²) in [7, 11) is 2.28. The zero-order valence-electron chi connectivity index (χ0n) is 15.5. The molecule has 0 unspecified atom stereocenters. The maximum Gasteiger partial charge on any atom is 0.0596 e. The molecule has 1 aromatic rings. The number of nitrogens with one attached hydrogen (secondary N) is 1. The molecule has 0 saturated carbocycles. The Balaban J connectivity index is 1.86. The predicted octanol–water partition coefficient (Wildman–Crippen LogP) is 3.13. The van der Waals surface area contributed by atoms with E-state index in [4.69, 9.17) is 0 Å². The van der Waals surface area contributed by atoms with Gasteiger partial charge in [0.1, 0.15) is 0 Å². The Hall–Kier alpha value is -0.870. The Morgan fingerprint density at radius 1 is 1.23 bits per heavy atom. The molecule has 1 N–H and O–H groups in total. The smallest absolute Gasteiger partial charge is 0.0596 e. The van der Waals surface area contributed by atoms with Gasteiger partial charge >= 0.3 is 0 Å². The van der Waals surface area contributed by atoms with E-state index in [-0.39, 0.29) is 11.1 Å².